The molecule has 0 aromatic rings. The summed E-state index contributed by atoms with van der Waals surface area (Å²) < 4.78 is 0. The van der Waals surface area contributed by atoms with Gasteiger partial charge in [0.05, 0.1) is 0 Å². The van der Waals surface area contributed by atoms with Crippen LogP contribution in [-0.4, -0.2) is 67.9 Å². The van der Waals surface area contributed by atoms with Crippen molar-refractivity contribution in [2.75, 3.05) is 46.2 Å². The first kappa shape index (κ1) is 14.7. The van der Waals surface area contributed by atoms with Crippen LogP contribution < -0.4 is 5.32 Å². The van der Waals surface area contributed by atoms with E-state index in [1.807, 2.05) is 0 Å². The minimum absolute atomic E-state index is 0.150. The van der Waals surface area contributed by atoms with Crippen molar-refractivity contribution >= 4 is 17.5 Å². The summed E-state index contributed by atoms with van der Waals surface area (Å²) in [4.78, 5) is 16.2. The Hall–Kier alpha value is -0.320. The van der Waals surface area contributed by atoms with Crippen molar-refractivity contribution < 1.29 is 4.79 Å². The molecule has 4 nitrogen and oxygen atoms in total. The van der Waals surface area contributed by atoms with Crippen LogP contribution in [0.4, 0.5) is 0 Å². The van der Waals surface area contributed by atoms with Crippen LogP contribution in [0, 0.1) is 0 Å². The maximum Gasteiger partial charge on any atom is 0.220 e. The number of nitrogens with zero attached hydrogens (tertiary/aromatic N) is 2. The Morgan fingerprint density at radius 3 is 2.82 bits per heavy atom. The number of likely N-dealkylation sites (N-methyl/N-ethyl adjacent to an activating group) is 2. The Balaban J connectivity index is 2.17. The fourth-order valence-electron chi connectivity index (χ4n) is 2.02. The fourth-order valence-corrected chi connectivity index (χ4v) is 2.21. The first-order chi connectivity index (χ1) is 8.13. The normalized spacial score (nSPS) is 22.6. The van der Waals surface area contributed by atoms with Gasteiger partial charge in [0, 0.05) is 44.5 Å². The van der Waals surface area contributed by atoms with Crippen molar-refractivity contribution in [3.05, 3.63) is 0 Å². The van der Waals surface area contributed by atoms with E-state index in [2.05, 4.69) is 29.2 Å². The van der Waals surface area contributed by atoms with E-state index in [0.717, 1.165) is 39.0 Å². The molecule has 5 heteroatoms. The molecule has 0 bridgehead atoms. The van der Waals surface area contributed by atoms with Crippen LogP contribution in [0.15, 0.2) is 0 Å². The van der Waals surface area contributed by atoms with Crippen LogP contribution in [0.1, 0.15) is 19.3 Å². The molecule has 1 saturated heterocycles. The third kappa shape index (κ3) is 5.70. The number of carbonyl (C=O) groups excluding carboxylic acids is 1. The molecule has 1 aliphatic heterocycles. The Bertz CT molecular complexity index is 238. The molecule has 1 rings (SSSR count). The molecule has 1 aliphatic rings. The van der Waals surface area contributed by atoms with Crippen molar-refractivity contribution in [1.82, 2.24) is 15.1 Å². The zero-order valence-electron chi connectivity index (χ0n) is 10.9. The number of rotatable bonds is 6. The van der Waals surface area contributed by atoms with Gasteiger partial charge in [-0.3, -0.25) is 9.69 Å². The van der Waals surface area contributed by atoms with E-state index in [4.69, 9.17) is 11.6 Å². The van der Waals surface area contributed by atoms with Crippen LogP contribution in [0.25, 0.3) is 0 Å². The second-order valence-electron chi connectivity index (χ2n) is 4.85. The second kappa shape index (κ2) is 7.90. The zero-order valence-corrected chi connectivity index (χ0v) is 11.7. The maximum absolute atomic E-state index is 11.6. The van der Waals surface area contributed by atoms with Crippen molar-refractivity contribution in [3.8, 4) is 0 Å². The molecule has 1 amide bonds. The monoisotopic (exact) mass is 261 g/mol. The Labute approximate surface area is 109 Å². The van der Waals surface area contributed by atoms with Crippen molar-refractivity contribution in [3.63, 3.8) is 0 Å². The van der Waals surface area contributed by atoms with Gasteiger partial charge >= 0.3 is 0 Å². The molecular formula is C12H24ClN3O. The summed E-state index contributed by atoms with van der Waals surface area (Å²) in [7, 11) is 4.25. The molecule has 0 aromatic heterocycles. The van der Waals surface area contributed by atoms with Crippen LogP contribution in [0.5, 0.6) is 0 Å². The van der Waals surface area contributed by atoms with Gasteiger partial charge in [0.2, 0.25) is 5.91 Å². The highest BCUT2D eigenvalue weighted by Crippen LogP contribution is 2.05. The van der Waals surface area contributed by atoms with E-state index < -0.39 is 0 Å². The number of piperazine rings is 1. The van der Waals surface area contributed by atoms with E-state index in [1.54, 1.807) is 0 Å². The maximum atomic E-state index is 11.6. The largest absolute Gasteiger partial charge is 0.354 e. The number of nitrogens with one attached hydrogen (secondary N) is 1. The Kier molecular flexibility index (Phi) is 6.85. The van der Waals surface area contributed by atoms with Crippen molar-refractivity contribution in [1.29, 1.82) is 0 Å². The smallest absolute Gasteiger partial charge is 0.220 e. The third-order valence-corrected chi connectivity index (χ3v) is 3.57. The van der Waals surface area contributed by atoms with Gasteiger partial charge in [-0.15, -0.1) is 11.6 Å². The van der Waals surface area contributed by atoms with E-state index >= 15 is 0 Å². The highest BCUT2D eigenvalue weighted by Gasteiger charge is 2.22. The predicted octanol–water partition coefficient (Wildman–Crippen LogP) is 0.758. The van der Waals surface area contributed by atoms with E-state index in [1.165, 1.54) is 0 Å². The number of halogens is 1. The van der Waals surface area contributed by atoms with Gasteiger partial charge in [-0.1, -0.05) is 0 Å². The molecule has 0 spiro atoms. The SMILES string of the molecule is CN1CCN(C)C(CNC(=O)CCCCCl)C1. The lowest BCUT2D eigenvalue weighted by Crippen LogP contribution is -2.54. The average molecular weight is 262 g/mol. The summed E-state index contributed by atoms with van der Waals surface area (Å²) in [5, 5.41) is 3.01. The standard InChI is InChI=1S/C12H24ClN3O/c1-15-7-8-16(2)11(10-15)9-14-12(17)5-3-4-6-13/h11H,3-10H2,1-2H3,(H,14,17). The molecule has 0 saturated carbocycles. The lowest BCUT2D eigenvalue weighted by Gasteiger charge is -2.37. The number of carbonyl (C=O) groups is 1. The average Bonchev–Trinajstić information content (AvgIpc) is 2.31. The van der Waals surface area contributed by atoms with Gasteiger partial charge in [-0.2, -0.15) is 0 Å². The minimum atomic E-state index is 0.150. The van der Waals surface area contributed by atoms with Gasteiger partial charge in [0.1, 0.15) is 0 Å². The molecule has 17 heavy (non-hydrogen) atoms. The summed E-state index contributed by atoms with van der Waals surface area (Å²) in [6, 6.07) is 0.436. The summed E-state index contributed by atoms with van der Waals surface area (Å²) >= 11 is 5.58. The van der Waals surface area contributed by atoms with E-state index in [9.17, 15) is 4.79 Å². The molecule has 1 unspecified atom stereocenters. The van der Waals surface area contributed by atoms with Gasteiger partial charge < -0.3 is 10.2 Å². The number of amides is 1. The van der Waals surface area contributed by atoms with Crippen LogP contribution in [0.3, 0.4) is 0 Å². The Morgan fingerprint density at radius 1 is 1.35 bits per heavy atom. The molecule has 1 heterocycles. The number of unbranched alkanes of at least 4 members (excludes halogenated alkanes) is 1. The topological polar surface area (TPSA) is 35.6 Å². The van der Waals surface area contributed by atoms with Gasteiger partial charge in [0.15, 0.2) is 0 Å². The first-order valence-electron chi connectivity index (χ1n) is 6.35. The molecule has 0 aromatic carbocycles. The Morgan fingerprint density at radius 2 is 2.12 bits per heavy atom. The van der Waals surface area contributed by atoms with E-state index in [-0.39, 0.29) is 5.91 Å². The fraction of sp³-hybridized carbons (Fsp3) is 0.917. The third-order valence-electron chi connectivity index (χ3n) is 3.30. The quantitative estimate of drug-likeness (QED) is 0.566. The molecule has 0 aliphatic carbocycles. The number of hydrogen-bond acceptors (Lipinski definition) is 3. The molecule has 0 radical (unpaired) electrons. The lowest BCUT2D eigenvalue weighted by atomic mass is 10.2. The first-order valence-corrected chi connectivity index (χ1v) is 6.88. The highest BCUT2D eigenvalue weighted by molar-refractivity contribution is 6.17. The summed E-state index contributed by atoms with van der Waals surface area (Å²) in [5.74, 6) is 0.792. The lowest BCUT2D eigenvalue weighted by molar-refractivity contribution is -0.121. The molecule has 1 fully saturated rings. The van der Waals surface area contributed by atoms with Crippen LogP contribution in [0.2, 0.25) is 0 Å². The number of hydrogen-bond donors (Lipinski definition) is 1. The van der Waals surface area contributed by atoms with E-state index in [0.29, 0.717) is 18.3 Å². The molecule has 1 N–H and O–H groups in total. The molecule has 100 valence electrons. The van der Waals surface area contributed by atoms with Crippen molar-refractivity contribution in [2.45, 2.75) is 25.3 Å². The van der Waals surface area contributed by atoms with Crippen LogP contribution >= 0.6 is 11.6 Å². The minimum Gasteiger partial charge on any atom is -0.354 e. The van der Waals surface area contributed by atoms with Crippen LogP contribution in [-0.2, 0) is 4.79 Å². The van der Waals surface area contributed by atoms with Gasteiger partial charge in [-0.05, 0) is 26.9 Å². The van der Waals surface area contributed by atoms with Gasteiger partial charge in [0.25, 0.3) is 0 Å². The number of alkyl halides is 1. The summed E-state index contributed by atoms with van der Waals surface area (Å²) in [6.45, 7) is 3.96. The predicted molar refractivity (Wildman–Crippen MR) is 71.5 cm³/mol. The second-order valence-corrected chi connectivity index (χ2v) is 5.22. The molecule has 1 atom stereocenters. The van der Waals surface area contributed by atoms with Gasteiger partial charge in [-0.25, -0.2) is 0 Å². The van der Waals surface area contributed by atoms with Crippen molar-refractivity contribution in [2.24, 2.45) is 0 Å². The zero-order chi connectivity index (χ0) is 12.7. The summed E-state index contributed by atoms with van der Waals surface area (Å²) in [5.41, 5.74) is 0. The highest BCUT2D eigenvalue weighted by atomic mass is 35.5. The molecular weight excluding hydrogens is 238 g/mol. The summed E-state index contributed by atoms with van der Waals surface area (Å²) in [6.07, 6.45) is 2.40.